The van der Waals surface area contributed by atoms with Gasteiger partial charge < -0.3 is 0 Å². The maximum atomic E-state index is 3.79. The Bertz CT molecular complexity index is 106. The number of allylic oxidation sites excluding steroid dienone is 1. The summed E-state index contributed by atoms with van der Waals surface area (Å²) in [6.07, 6.45) is 7.18. The molecule has 0 spiro atoms. The van der Waals surface area contributed by atoms with E-state index in [2.05, 4.69) is 36.4 Å². The second-order valence-electron chi connectivity index (χ2n) is 3.46. The summed E-state index contributed by atoms with van der Waals surface area (Å²) >= 11 is 3.56. The summed E-state index contributed by atoms with van der Waals surface area (Å²) in [5.74, 6) is 1.71. The van der Waals surface area contributed by atoms with Crippen LogP contribution in [-0.4, -0.2) is 5.33 Å². The molecular weight excluding hydrogens is 212 g/mol. The van der Waals surface area contributed by atoms with Gasteiger partial charge in [0.05, 0.1) is 0 Å². The molecule has 0 aromatic carbocycles. The molecule has 0 amide bonds. The molecule has 0 aliphatic heterocycles. The molecule has 0 aromatic rings. The van der Waals surface area contributed by atoms with Crippen molar-refractivity contribution in [1.82, 2.24) is 0 Å². The van der Waals surface area contributed by atoms with Crippen molar-refractivity contribution >= 4 is 15.9 Å². The average Bonchev–Trinajstić information content (AvgIpc) is 2.12. The van der Waals surface area contributed by atoms with Gasteiger partial charge in [-0.25, -0.2) is 0 Å². The van der Waals surface area contributed by atoms with Crippen molar-refractivity contribution in [3.8, 4) is 0 Å². The zero-order chi connectivity index (χ0) is 9.40. The smallest absolute Gasteiger partial charge is 0.00627 e. The van der Waals surface area contributed by atoms with Crippen LogP contribution in [0.3, 0.4) is 0 Å². The fourth-order valence-electron chi connectivity index (χ4n) is 1.55. The van der Waals surface area contributed by atoms with Crippen LogP contribution in [-0.2, 0) is 0 Å². The first-order valence-electron chi connectivity index (χ1n) is 4.95. The van der Waals surface area contributed by atoms with E-state index in [4.69, 9.17) is 0 Å². The fourth-order valence-corrected chi connectivity index (χ4v) is 2.08. The van der Waals surface area contributed by atoms with E-state index in [1.165, 1.54) is 19.3 Å². The topological polar surface area (TPSA) is 0 Å². The standard InChI is InChI=1S/C11H21Br/c1-4-7-11(9-12)8-10(5-2)6-3/h4,10-11H,1,5-9H2,2-3H3. The van der Waals surface area contributed by atoms with Crippen LogP contribution in [0.5, 0.6) is 0 Å². The van der Waals surface area contributed by atoms with Crippen LogP contribution < -0.4 is 0 Å². The Morgan fingerprint density at radius 3 is 2.17 bits per heavy atom. The largest absolute Gasteiger partial charge is 0.103 e. The van der Waals surface area contributed by atoms with Crippen molar-refractivity contribution in [2.24, 2.45) is 11.8 Å². The van der Waals surface area contributed by atoms with Gasteiger partial charge in [-0.15, -0.1) is 6.58 Å². The molecule has 12 heavy (non-hydrogen) atoms. The number of alkyl halides is 1. The molecule has 1 atom stereocenters. The summed E-state index contributed by atoms with van der Waals surface area (Å²) in [5, 5.41) is 1.12. The average molecular weight is 233 g/mol. The van der Waals surface area contributed by atoms with Gasteiger partial charge in [0.25, 0.3) is 0 Å². The van der Waals surface area contributed by atoms with Gasteiger partial charge in [-0.2, -0.15) is 0 Å². The third-order valence-corrected chi connectivity index (χ3v) is 3.46. The van der Waals surface area contributed by atoms with E-state index in [9.17, 15) is 0 Å². The molecule has 0 heterocycles. The molecule has 0 rings (SSSR count). The molecule has 0 aliphatic carbocycles. The minimum atomic E-state index is 0.799. The molecule has 0 radical (unpaired) electrons. The second-order valence-corrected chi connectivity index (χ2v) is 4.11. The Morgan fingerprint density at radius 1 is 1.25 bits per heavy atom. The maximum Gasteiger partial charge on any atom is 0.00627 e. The van der Waals surface area contributed by atoms with Crippen LogP contribution in [0, 0.1) is 11.8 Å². The van der Waals surface area contributed by atoms with E-state index >= 15 is 0 Å². The monoisotopic (exact) mass is 232 g/mol. The van der Waals surface area contributed by atoms with Crippen LogP contribution in [0.25, 0.3) is 0 Å². The molecule has 0 saturated carbocycles. The van der Waals surface area contributed by atoms with Crippen molar-refractivity contribution < 1.29 is 0 Å². The fraction of sp³-hybridized carbons (Fsp3) is 0.818. The zero-order valence-corrected chi connectivity index (χ0v) is 9.94. The Kier molecular flexibility index (Phi) is 7.99. The van der Waals surface area contributed by atoms with Gasteiger partial charge in [0, 0.05) is 5.33 Å². The minimum absolute atomic E-state index is 0.799. The Labute approximate surface area is 85.6 Å². The molecular formula is C11H21Br. The Hall–Kier alpha value is 0.220. The summed E-state index contributed by atoms with van der Waals surface area (Å²) in [5.41, 5.74) is 0. The molecule has 0 nitrogen and oxygen atoms in total. The molecule has 0 N–H and O–H groups in total. The van der Waals surface area contributed by atoms with E-state index in [0.29, 0.717) is 0 Å². The van der Waals surface area contributed by atoms with Gasteiger partial charge in [-0.05, 0) is 24.7 Å². The van der Waals surface area contributed by atoms with Crippen molar-refractivity contribution in [1.29, 1.82) is 0 Å². The predicted molar refractivity (Wildman–Crippen MR) is 60.8 cm³/mol. The number of hydrogen-bond acceptors (Lipinski definition) is 0. The molecule has 0 saturated heterocycles. The molecule has 0 aliphatic rings. The molecule has 1 heteroatoms. The first kappa shape index (κ1) is 12.2. The highest BCUT2D eigenvalue weighted by atomic mass is 79.9. The van der Waals surface area contributed by atoms with E-state index in [1.807, 2.05) is 6.08 Å². The lowest BCUT2D eigenvalue weighted by atomic mass is 9.90. The summed E-state index contributed by atoms with van der Waals surface area (Å²) in [7, 11) is 0. The molecule has 0 bridgehead atoms. The summed E-state index contributed by atoms with van der Waals surface area (Å²) in [6.45, 7) is 8.36. The first-order valence-corrected chi connectivity index (χ1v) is 6.07. The summed E-state index contributed by atoms with van der Waals surface area (Å²) in [6, 6.07) is 0. The summed E-state index contributed by atoms with van der Waals surface area (Å²) < 4.78 is 0. The molecule has 1 unspecified atom stereocenters. The SMILES string of the molecule is C=CCC(CBr)CC(CC)CC. The first-order chi connectivity index (χ1) is 5.78. The van der Waals surface area contributed by atoms with Crippen LogP contribution in [0.4, 0.5) is 0 Å². The Morgan fingerprint density at radius 2 is 1.83 bits per heavy atom. The molecule has 0 fully saturated rings. The van der Waals surface area contributed by atoms with Crippen LogP contribution in [0.15, 0.2) is 12.7 Å². The number of halogens is 1. The third-order valence-electron chi connectivity index (χ3n) is 2.54. The van der Waals surface area contributed by atoms with Crippen molar-refractivity contribution in [3.63, 3.8) is 0 Å². The highest BCUT2D eigenvalue weighted by molar-refractivity contribution is 9.09. The highest BCUT2D eigenvalue weighted by Gasteiger charge is 2.11. The van der Waals surface area contributed by atoms with Gasteiger partial charge in [0.1, 0.15) is 0 Å². The highest BCUT2D eigenvalue weighted by Crippen LogP contribution is 2.22. The van der Waals surface area contributed by atoms with Gasteiger partial charge in [-0.1, -0.05) is 48.7 Å². The third kappa shape index (κ3) is 4.97. The van der Waals surface area contributed by atoms with Gasteiger partial charge in [0.2, 0.25) is 0 Å². The summed E-state index contributed by atoms with van der Waals surface area (Å²) in [4.78, 5) is 0. The number of hydrogen-bond donors (Lipinski definition) is 0. The van der Waals surface area contributed by atoms with Crippen molar-refractivity contribution in [3.05, 3.63) is 12.7 Å². The minimum Gasteiger partial charge on any atom is -0.103 e. The van der Waals surface area contributed by atoms with E-state index < -0.39 is 0 Å². The van der Waals surface area contributed by atoms with Gasteiger partial charge in [0.15, 0.2) is 0 Å². The lowest BCUT2D eigenvalue weighted by Gasteiger charge is -2.18. The van der Waals surface area contributed by atoms with Crippen molar-refractivity contribution in [2.75, 3.05) is 5.33 Å². The van der Waals surface area contributed by atoms with Crippen LogP contribution >= 0.6 is 15.9 Å². The molecule has 0 aromatic heterocycles. The molecule has 72 valence electrons. The van der Waals surface area contributed by atoms with E-state index in [-0.39, 0.29) is 0 Å². The van der Waals surface area contributed by atoms with Gasteiger partial charge >= 0.3 is 0 Å². The quantitative estimate of drug-likeness (QED) is 0.451. The van der Waals surface area contributed by atoms with Crippen LogP contribution in [0.2, 0.25) is 0 Å². The van der Waals surface area contributed by atoms with E-state index in [1.54, 1.807) is 0 Å². The van der Waals surface area contributed by atoms with Crippen LogP contribution in [0.1, 0.15) is 39.5 Å². The normalized spacial score (nSPS) is 13.3. The maximum absolute atomic E-state index is 3.79. The predicted octanol–water partition coefficient (Wildman–Crippen LogP) is 4.40. The zero-order valence-electron chi connectivity index (χ0n) is 8.35. The second kappa shape index (κ2) is 7.85. The number of rotatable bonds is 7. The van der Waals surface area contributed by atoms with Gasteiger partial charge in [-0.3, -0.25) is 0 Å². The van der Waals surface area contributed by atoms with Crippen molar-refractivity contribution in [2.45, 2.75) is 39.5 Å². The van der Waals surface area contributed by atoms with E-state index in [0.717, 1.165) is 23.6 Å². The lowest BCUT2D eigenvalue weighted by Crippen LogP contribution is -2.08. The Balaban J connectivity index is 3.73. The lowest BCUT2D eigenvalue weighted by molar-refractivity contribution is 0.378.